The summed E-state index contributed by atoms with van der Waals surface area (Å²) in [6.07, 6.45) is 0. The Morgan fingerprint density at radius 1 is 1.10 bits per heavy atom. The SMILES string of the molecule is Cc1ccc(NC(=O)[C@H](NS(=O)(=O)c2ccc3c(c2)oc(=O)n3C)C(C)C)cc1. The lowest BCUT2D eigenvalue weighted by atomic mass is 10.0. The third-order valence-electron chi connectivity index (χ3n) is 4.62. The maximum absolute atomic E-state index is 12.9. The highest BCUT2D eigenvalue weighted by Crippen LogP contribution is 2.19. The smallest absolute Gasteiger partial charge is 0.408 e. The minimum Gasteiger partial charge on any atom is -0.408 e. The topological polar surface area (TPSA) is 110 Å². The molecule has 3 aromatic rings. The first kappa shape index (κ1) is 20.8. The number of amides is 1. The predicted octanol–water partition coefficient (Wildman–Crippen LogP) is 2.38. The van der Waals surface area contributed by atoms with Crippen LogP contribution < -0.4 is 15.8 Å². The molecule has 1 amide bonds. The van der Waals surface area contributed by atoms with Crippen LogP contribution in [0.1, 0.15) is 19.4 Å². The number of fused-ring (bicyclic) bond motifs is 1. The number of aryl methyl sites for hydroxylation is 2. The van der Waals surface area contributed by atoms with E-state index in [1.54, 1.807) is 26.0 Å². The molecule has 0 saturated carbocycles. The molecule has 0 bridgehead atoms. The first-order chi connectivity index (χ1) is 13.6. The molecular weight excluding hydrogens is 394 g/mol. The predicted molar refractivity (Wildman–Crippen MR) is 110 cm³/mol. The van der Waals surface area contributed by atoms with Gasteiger partial charge in [-0.15, -0.1) is 0 Å². The van der Waals surface area contributed by atoms with Crippen molar-refractivity contribution in [3.05, 3.63) is 58.6 Å². The molecule has 3 rings (SSSR count). The van der Waals surface area contributed by atoms with E-state index in [4.69, 9.17) is 4.42 Å². The number of benzene rings is 2. The molecule has 0 fully saturated rings. The number of carbonyl (C=O) groups is 1. The van der Waals surface area contributed by atoms with Crippen molar-refractivity contribution >= 4 is 32.7 Å². The van der Waals surface area contributed by atoms with Crippen molar-refractivity contribution in [2.75, 3.05) is 5.32 Å². The van der Waals surface area contributed by atoms with Crippen LogP contribution in [0.4, 0.5) is 5.69 Å². The Morgan fingerprint density at radius 3 is 2.38 bits per heavy atom. The number of aromatic nitrogens is 1. The third-order valence-corrected chi connectivity index (χ3v) is 6.06. The summed E-state index contributed by atoms with van der Waals surface area (Å²) in [5.41, 5.74) is 2.27. The summed E-state index contributed by atoms with van der Waals surface area (Å²) in [6.45, 7) is 5.44. The molecule has 29 heavy (non-hydrogen) atoms. The van der Waals surface area contributed by atoms with E-state index in [0.29, 0.717) is 11.2 Å². The Kier molecular flexibility index (Phi) is 5.63. The standard InChI is InChI=1S/C20H23N3O5S/c1-12(2)18(19(24)21-14-7-5-13(3)6-8-14)22-29(26,27)15-9-10-16-17(11-15)28-20(25)23(16)4/h5-12,18,22H,1-4H3,(H,21,24)/t18-/m1/s1. The highest BCUT2D eigenvalue weighted by molar-refractivity contribution is 7.89. The molecule has 0 aliphatic rings. The Balaban J connectivity index is 1.86. The zero-order valence-corrected chi connectivity index (χ0v) is 17.4. The average Bonchev–Trinajstić information content (AvgIpc) is 2.95. The lowest BCUT2D eigenvalue weighted by Crippen LogP contribution is -2.47. The molecule has 0 saturated heterocycles. The number of sulfonamides is 1. The second kappa shape index (κ2) is 7.84. The maximum Gasteiger partial charge on any atom is 0.419 e. The van der Waals surface area contributed by atoms with Gasteiger partial charge in [-0.3, -0.25) is 9.36 Å². The van der Waals surface area contributed by atoms with Gasteiger partial charge in [-0.1, -0.05) is 31.5 Å². The van der Waals surface area contributed by atoms with Crippen LogP contribution in [0.5, 0.6) is 0 Å². The monoisotopic (exact) mass is 417 g/mol. The summed E-state index contributed by atoms with van der Waals surface area (Å²) in [5, 5.41) is 2.74. The maximum atomic E-state index is 12.9. The van der Waals surface area contributed by atoms with E-state index in [9.17, 15) is 18.0 Å². The normalized spacial score (nSPS) is 13.0. The first-order valence-electron chi connectivity index (χ1n) is 9.08. The Hall–Kier alpha value is -2.91. The van der Waals surface area contributed by atoms with Crippen molar-refractivity contribution < 1.29 is 17.6 Å². The number of hydrogen-bond donors (Lipinski definition) is 2. The molecule has 154 valence electrons. The van der Waals surface area contributed by atoms with E-state index < -0.39 is 27.7 Å². The summed E-state index contributed by atoms with van der Waals surface area (Å²) in [5.74, 6) is -1.34. The van der Waals surface area contributed by atoms with Gasteiger partial charge in [0.05, 0.1) is 10.4 Å². The van der Waals surface area contributed by atoms with Crippen LogP contribution in [0.15, 0.2) is 56.6 Å². The molecule has 1 aromatic heterocycles. The van der Waals surface area contributed by atoms with Crippen molar-refractivity contribution in [1.29, 1.82) is 0 Å². The van der Waals surface area contributed by atoms with Crippen LogP contribution in [0.2, 0.25) is 0 Å². The van der Waals surface area contributed by atoms with E-state index >= 15 is 0 Å². The Bertz CT molecular complexity index is 1210. The molecule has 1 atom stereocenters. The van der Waals surface area contributed by atoms with Gasteiger partial charge in [0, 0.05) is 18.8 Å². The van der Waals surface area contributed by atoms with Crippen molar-refractivity contribution in [3.63, 3.8) is 0 Å². The fraction of sp³-hybridized carbons (Fsp3) is 0.300. The van der Waals surface area contributed by atoms with E-state index in [1.165, 1.54) is 29.8 Å². The fourth-order valence-corrected chi connectivity index (χ4v) is 4.22. The Morgan fingerprint density at radius 2 is 1.76 bits per heavy atom. The molecule has 0 unspecified atom stereocenters. The molecule has 2 aromatic carbocycles. The second-order valence-corrected chi connectivity index (χ2v) is 8.97. The molecule has 0 spiro atoms. The summed E-state index contributed by atoms with van der Waals surface area (Å²) >= 11 is 0. The van der Waals surface area contributed by atoms with Crippen LogP contribution in [0, 0.1) is 12.8 Å². The zero-order chi connectivity index (χ0) is 21.3. The summed E-state index contributed by atoms with van der Waals surface area (Å²) < 4.78 is 34.5. The van der Waals surface area contributed by atoms with E-state index in [2.05, 4.69) is 10.0 Å². The van der Waals surface area contributed by atoms with Crippen molar-refractivity contribution in [3.8, 4) is 0 Å². The second-order valence-electron chi connectivity index (χ2n) is 7.25. The molecule has 0 radical (unpaired) electrons. The van der Waals surface area contributed by atoms with Gasteiger partial charge in [-0.25, -0.2) is 13.2 Å². The van der Waals surface area contributed by atoms with Crippen molar-refractivity contribution in [1.82, 2.24) is 9.29 Å². The molecular formula is C20H23N3O5S. The minimum atomic E-state index is -4.03. The third kappa shape index (κ3) is 4.41. The van der Waals surface area contributed by atoms with Gasteiger partial charge in [0.15, 0.2) is 5.58 Å². The minimum absolute atomic E-state index is 0.0897. The van der Waals surface area contributed by atoms with Gasteiger partial charge in [0.1, 0.15) is 6.04 Å². The number of nitrogens with zero attached hydrogens (tertiary/aromatic N) is 1. The number of anilines is 1. The number of rotatable bonds is 6. The van der Waals surface area contributed by atoms with Crippen LogP contribution in [-0.4, -0.2) is 24.9 Å². The molecule has 1 heterocycles. The van der Waals surface area contributed by atoms with Crippen molar-refractivity contribution in [2.24, 2.45) is 13.0 Å². The number of oxazole rings is 1. The van der Waals surface area contributed by atoms with Gasteiger partial charge >= 0.3 is 5.76 Å². The molecule has 0 aliphatic carbocycles. The average molecular weight is 417 g/mol. The lowest BCUT2D eigenvalue weighted by Gasteiger charge is -2.21. The van der Waals surface area contributed by atoms with E-state index in [0.717, 1.165) is 5.56 Å². The van der Waals surface area contributed by atoms with Crippen LogP contribution in [-0.2, 0) is 21.9 Å². The first-order valence-corrected chi connectivity index (χ1v) is 10.6. The summed E-state index contributed by atoms with van der Waals surface area (Å²) in [7, 11) is -2.49. The van der Waals surface area contributed by atoms with Gasteiger partial charge in [-0.05, 0) is 37.1 Å². The largest absolute Gasteiger partial charge is 0.419 e. The molecule has 8 nitrogen and oxygen atoms in total. The number of hydrogen-bond acceptors (Lipinski definition) is 5. The van der Waals surface area contributed by atoms with Gasteiger partial charge in [-0.2, -0.15) is 4.72 Å². The van der Waals surface area contributed by atoms with Crippen LogP contribution in [0.25, 0.3) is 11.1 Å². The zero-order valence-electron chi connectivity index (χ0n) is 16.6. The fourth-order valence-electron chi connectivity index (χ4n) is 2.87. The number of nitrogens with one attached hydrogen (secondary N) is 2. The van der Waals surface area contributed by atoms with Crippen molar-refractivity contribution in [2.45, 2.75) is 31.7 Å². The highest BCUT2D eigenvalue weighted by Gasteiger charge is 2.29. The lowest BCUT2D eigenvalue weighted by molar-refractivity contribution is -0.118. The van der Waals surface area contributed by atoms with E-state index in [-0.39, 0.29) is 16.4 Å². The highest BCUT2D eigenvalue weighted by atomic mass is 32.2. The quantitative estimate of drug-likeness (QED) is 0.640. The van der Waals surface area contributed by atoms with Gasteiger partial charge in [0.2, 0.25) is 15.9 Å². The summed E-state index contributed by atoms with van der Waals surface area (Å²) in [4.78, 5) is 24.2. The molecule has 9 heteroatoms. The molecule has 0 aliphatic heterocycles. The number of carbonyl (C=O) groups excluding carboxylic acids is 1. The van der Waals surface area contributed by atoms with Crippen LogP contribution >= 0.6 is 0 Å². The van der Waals surface area contributed by atoms with Gasteiger partial charge < -0.3 is 9.73 Å². The summed E-state index contributed by atoms with van der Waals surface area (Å²) in [6, 6.07) is 10.4. The molecule has 2 N–H and O–H groups in total. The van der Waals surface area contributed by atoms with Gasteiger partial charge in [0.25, 0.3) is 0 Å². The Labute approximate surface area is 168 Å². The van der Waals surface area contributed by atoms with E-state index in [1.807, 2.05) is 19.1 Å². The van der Waals surface area contributed by atoms with Crippen LogP contribution in [0.3, 0.4) is 0 Å².